The number of primary amides is 1. The molecule has 4 rings (SSSR count). The van der Waals surface area contributed by atoms with Gasteiger partial charge in [0.2, 0.25) is 5.91 Å². The van der Waals surface area contributed by atoms with Gasteiger partial charge in [-0.05, 0) is 42.8 Å². The summed E-state index contributed by atoms with van der Waals surface area (Å²) in [5, 5.41) is 2.95. The van der Waals surface area contributed by atoms with Crippen molar-refractivity contribution >= 4 is 34.7 Å². The molecule has 0 spiro atoms. The second kappa shape index (κ2) is 10.7. The number of Topliss-reactive ketones (excluding diaryl/α,β-unsaturated/α-hetero) is 1. The normalized spacial score (nSPS) is 15.8. The highest BCUT2D eigenvalue weighted by atomic mass is 35.5. The lowest BCUT2D eigenvalue weighted by Crippen LogP contribution is -2.57. The van der Waals surface area contributed by atoms with Gasteiger partial charge < -0.3 is 15.8 Å². The molecule has 0 aliphatic carbocycles. The zero-order valence-corrected chi connectivity index (χ0v) is 20.4. The van der Waals surface area contributed by atoms with Gasteiger partial charge in [0.05, 0.1) is 30.3 Å². The van der Waals surface area contributed by atoms with Crippen molar-refractivity contribution in [3.8, 4) is 0 Å². The van der Waals surface area contributed by atoms with E-state index < -0.39 is 23.1 Å². The van der Waals surface area contributed by atoms with Gasteiger partial charge in [-0.25, -0.2) is 8.78 Å². The van der Waals surface area contributed by atoms with Crippen molar-refractivity contribution in [3.63, 3.8) is 0 Å². The molecule has 188 valence electrons. The number of hydrogen-bond donors (Lipinski definition) is 2. The van der Waals surface area contributed by atoms with Crippen molar-refractivity contribution in [2.45, 2.75) is 18.9 Å². The maximum atomic E-state index is 14.3. The van der Waals surface area contributed by atoms with E-state index in [1.54, 1.807) is 6.07 Å². The van der Waals surface area contributed by atoms with E-state index in [-0.39, 0.29) is 28.5 Å². The third-order valence-corrected chi connectivity index (χ3v) is 6.62. The lowest BCUT2D eigenvalue weighted by atomic mass is 9.77. The van der Waals surface area contributed by atoms with E-state index >= 15 is 0 Å². The van der Waals surface area contributed by atoms with E-state index in [0.29, 0.717) is 37.6 Å². The number of carbonyl (C=O) groups excluding carboxylic acids is 2. The number of nitrogens with two attached hydrogens (primary N) is 1. The van der Waals surface area contributed by atoms with Gasteiger partial charge in [0, 0.05) is 30.4 Å². The monoisotopic (exact) mass is 513 g/mol. The Morgan fingerprint density at radius 2 is 1.75 bits per heavy atom. The van der Waals surface area contributed by atoms with Crippen molar-refractivity contribution in [2.75, 3.05) is 31.6 Å². The van der Waals surface area contributed by atoms with Gasteiger partial charge in [-0.1, -0.05) is 41.4 Å². The highest BCUT2D eigenvalue weighted by Crippen LogP contribution is 2.39. The Kier molecular flexibility index (Phi) is 7.68. The summed E-state index contributed by atoms with van der Waals surface area (Å²) in [7, 11) is 0. The molecular weight excluding hydrogens is 488 g/mol. The molecule has 1 atom stereocenters. The van der Waals surface area contributed by atoms with Gasteiger partial charge in [0.15, 0.2) is 5.78 Å². The van der Waals surface area contributed by atoms with Gasteiger partial charge in [-0.3, -0.25) is 14.5 Å². The first-order valence-electron chi connectivity index (χ1n) is 11.5. The molecule has 1 heterocycles. The van der Waals surface area contributed by atoms with E-state index in [2.05, 4.69) is 5.32 Å². The Morgan fingerprint density at radius 3 is 2.36 bits per heavy atom. The van der Waals surface area contributed by atoms with Crippen LogP contribution < -0.4 is 11.1 Å². The average Bonchev–Trinajstić information content (AvgIpc) is 2.85. The van der Waals surface area contributed by atoms with Gasteiger partial charge in [-0.2, -0.15) is 0 Å². The Balaban J connectivity index is 1.77. The zero-order valence-electron chi connectivity index (χ0n) is 19.7. The lowest BCUT2D eigenvalue weighted by Gasteiger charge is -2.44. The number of amides is 1. The van der Waals surface area contributed by atoms with Crippen molar-refractivity contribution in [1.29, 1.82) is 0 Å². The summed E-state index contributed by atoms with van der Waals surface area (Å²) in [6, 6.07) is 15.2. The Morgan fingerprint density at radius 1 is 1.06 bits per heavy atom. The molecule has 0 saturated carbocycles. The van der Waals surface area contributed by atoms with Crippen LogP contribution in [0, 0.1) is 18.6 Å². The van der Waals surface area contributed by atoms with Crippen LogP contribution in [0.2, 0.25) is 5.02 Å². The number of anilines is 2. The lowest BCUT2D eigenvalue weighted by molar-refractivity contribution is -0.121. The summed E-state index contributed by atoms with van der Waals surface area (Å²) < 4.78 is 32.8. The molecule has 0 aromatic heterocycles. The fraction of sp³-hybridized carbons (Fsp3) is 0.259. The molecule has 1 aliphatic heterocycles. The number of nitrogens with one attached hydrogen (secondary N) is 1. The fourth-order valence-electron chi connectivity index (χ4n) is 4.52. The number of nitrogens with zero attached hydrogens (tertiary/aromatic N) is 1. The van der Waals surface area contributed by atoms with Gasteiger partial charge >= 0.3 is 0 Å². The number of halogens is 3. The third kappa shape index (κ3) is 5.26. The molecule has 1 fully saturated rings. The zero-order chi connectivity index (χ0) is 25.9. The molecule has 9 heteroatoms. The van der Waals surface area contributed by atoms with E-state index in [9.17, 15) is 18.4 Å². The number of aryl methyl sites for hydroxylation is 1. The summed E-state index contributed by atoms with van der Waals surface area (Å²) in [4.78, 5) is 28.5. The minimum atomic E-state index is -1.38. The minimum Gasteiger partial charge on any atom is -0.379 e. The molecule has 6 nitrogen and oxygen atoms in total. The molecule has 0 bridgehead atoms. The van der Waals surface area contributed by atoms with E-state index in [1.165, 1.54) is 18.2 Å². The van der Waals surface area contributed by atoms with Crippen LogP contribution in [-0.4, -0.2) is 42.9 Å². The van der Waals surface area contributed by atoms with E-state index in [1.807, 2.05) is 36.1 Å². The second-order valence-electron chi connectivity index (χ2n) is 8.74. The number of ketones is 1. The summed E-state index contributed by atoms with van der Waals surface area (Å²) in [5.41, 5.74) is 6.59. The number of hydrogen-bond acceptors (Lipinski definition) is 5. The number of ether oxygens (including phenoxy) is 1. The van der Waals surface area contributed by atoms with Gasteiger partial charge in [-0.15, -0.1) is 0 Å². The van der Waals surface area contributed by atoms with Crippen molar-refractivity contribution in [1.82, 2.24) is 4.90 Å². The molecule has 1 amide bonds. The SMILES string of the molecule is Cc1ccc(C(CC(N)=O)(C(=O)c2ccc(Nc3ccc(F)cc3F)cc2Cl)N2CCOCC2)cc1. The maximum Gasteiger partial charge on any atom is 0.220 e. The average molecular weight is 514 g/mol. The first-order valence-corrected chi connectivity index (χ1v) is 11.8. The fourth-order valence-corrected chi connectivity index (χ4v) is 4.79. The van der Waals surface area contributed by atoms with Gasteiger partial charge in [0.25, 0.3) is 0 Å². The summed E-state index contributed by atoms with van der Waals surface area (Å²) in [5.74, 6) is -2.46. The smallest absolute Gasteiger partial charge is 0.220 e. The van der Waals surface area contributed by atoms with Crippen molar-refractivity contribution < 1.29 is 23.1 Å². The van der Waals surface area contributed by atoms with Crippen LogP contribution in [-0.2, 0) is 15.1 Å². The predicted octanol–water partition coefficient (Wildman–Crippen LogP) is 4.96. The first-order chi connectivity index (χ1) is 17.2. The molecule has 3 N–H and O–H groups in total. The Bertz CT molecular complexity index is 1280. The molecule has 36 heavy (non-hydrogen) atoms. The summed E-state index contributed by atoms with van der Waals surface area (Å²) in [6.45, 7) is 3.59. The Hall–Kier alpha value is -3.33. The van der Waals surface area contributed by atoms with Crippen molar-refractivity contribution in [3.05, 3.63) is 94.0 Å². The first kappa shape index (κ1) is 25.8. The maximum absolute atomic E-state index is 14.3. The van der Waals surface area contributed by atoms with Crippen LogP contribution in [0.3, 0.4) is 0 Å². The highest BCUT2D eigenvalue weighted by molar-refractivity contribution is 6.34. The number of benzene rings is 3. The molecule has 3 aromatic carbocycles. The predicted molar refractivity (Wildman–Crippen MR) is 134 cm³/mol. The second-order valence-corrected chi connectivity index (χ2v) is 9.15. The number of carbonyl (C=O) groups is 2. The summed E-state index contributed by atoms with van der Waals surface area (Å²) >= 11 is 6.58. The Labute approximate surface area is 213 Å². The minimum absolute atomic E-state index is 0.0580. The molecular formula is C27H26ClF2N3O3. The van der Waals surface area contributed by atoms with Crippen molar-refractivity contribution in [2.24, 2.45) is 5.73 Å². The summed E-state index contributed by atoms with van der Waals surface area (Å²) in [6.07, 6.45) is -0.244. The molecule has 0 radical (unpaired) electrons. The topological polar surface area (TPSA) is 84.7 Å². The standard InChI is InChI=1S/C27H26ClF2N3O3/c1-17-2-4-18(5-3-17)27(16-25(31)34,33-10-12-36-13-11-33)26(35)21-8-7-20(15-22(21)28)32-24-9-6-19(29)14-23(24)30/h2-9,14-15,32H,10-13,16H2,1H3,(H2,31,34). The van der Waals surface area contributed by atoms with Crippen LogP contribution >= 0.6 is 11.6 Å². The van der Waals surface area contributed by atoms with Crippen LogP contribution in [0.4, 0.5) is 20.2 Å². The molecule has 1 saturated heterocycles. The molecule has 1 aliphatic rings. The molecule has 1 unspecified atom stereocenters. The molecule has 3 aromatic rings. The highest BCUT2D eigenvalue weighted by Gasteiger charge is 2.48. The van der Waals surface area contributed by atoms with Crippen LogP contribution in [0.5, 0.6) is 0 Å². The van der Waals surface area contributed by atoms with Crippen LogP contribution in [0.15, 0.2) is 60.7 Å². The van der Waals surface area contributed by atoms with Crippen LogP contribution in [0.25, 0.3) is 0 Å². The number of morpholine rings is 1. The number of rotatable bonds is 8. The van der Waals surface area contributed by atoms with Gasteiger partial charge in [0.1, 0.15) is 17.2 Å². The third-order valence-electron chi connectivity index (χ3n) is 6.31. The van der Waals surface area contributed by atoms with E-state index in [4.69, 9.17) is 22.1 Å². The quantitative estimate of drug-likeness (QED) is 0.416. The van der Waals surface area contributed by atoms with E-state index in [0.717, 1.165) is 17.7 Å². The van der Waals surface area contributed by atoms with Crippen LogP contribution in [0.1, 0.15) is 27.9 Å². The largest absolute Gasteiger partial charge is 0.379 e.